The lowest BCUT2D eigenvalue weighted by molar-refractivity contribution is -0.137. The topological polar surface area (TPSA) is 83.8 Å². The molecule has 0 unspecified atom stereocenters. The average molecular weight is 421 g/mol. The minimum absolute atomic E-state index is 0.138. The number of aryl methyl sites for hydroxylation is 3. The Bertz CT molecular complexity index is 1080. The van der Waals surface area contributed by atoms with Gasteiger partial charge >= 0.3 is 5.97 Å². The number of aromatic nitrogens is 4. The number of nitrogens with zero attached hydrogens (tertiary/aromatic N) is 3. The molecule has 0 amide bonds. The summed E-state index contributed by atoms with van der Waals surface area (Å²) in [6.45, 7) is 4.84. The SMILES string of the molecule is CCCCc1nc2ccccc2[nH]1.CCCCc1nc2ccccc2n1CCC(=O)O. The molecule has 0 spiro atoms. The summed E-state index contributed by atoms with van der Waals surface area (Å²) in [6, 6.07) is 16.1. The Kier molecular flexibility index (Phi) is 8.21. The van der Waals surface area contributed by atoms with Crippen LogP contribution in [0, 0.1) is 0 Å². The molecule has 2 heterocycles. The molecular formula is C25H32N4O2. The third-order valence-corrected chi connectivity index (χ3v) is 5.24. The van der Waals surface area contributed by atoms with Crippen LogP contribution in [0.3, 0.4) is 0 Å². The monoisotopic (exact) mass is 420 g/mol. The van der Waals surface area contributed by atoms with Gasteiger partial charge in [0.1, 0.15) is 11.6 Å². The number of carbonyl (C=O) groups is 1. The lowest BCUT2D eigenvalue weighted by atomic mass is 10.2. The van der Waals surface area contributed by atoms with E-state index in [1.54, 1.807) is 0 Å². The molecule has 6 heteroatoms. The van der Waals surface area contributed by atoms with E-state index in [1.165, 1.54) is 12.8 Å². The van der Waals surface area contributed by atoms with Crippen LogP contribution in [-0.2, 0) is 24.2 Å². The minimum atomic E-state index is -0.769. The van der Waals surface area contributed by atoms with Crippen molar-refractivity contribution in [3.63, 3.8) is 0 Å². The van der Waals surface area contributed by atoms with Crippen molar-refractivity contribution in [1.29, 1.82) is 0 Å². The highest BCUT2D eigenvalue weighted by Gasteiger charge is 2.10. The standard InChI is InChI=1S/C14H18N2O2.C11H14N2/c1-2-3-8-13-15-11-6-4-5-7-12(11)16(13)10-9-14(17)18;1-2-3-8-11-12-9-6-4-5-7-10(9)13-11/h4-7H,2-3,8-10H2,1H3,(H,17,18);4-7H,2-3,8H2,1H3,(H,12,13). The quantitative estimate of drug-likeness (QED) is 0.361. The zero-order valence-corrected chi connectivity index (χ0v) is 18.5. The van der Waals surface area contributed by atoms with E-state index in [1.807, 2.05) is 47.0 Å². The van der Waals surface area contributed by atoms with Crippen molar-refractivity contribution in [3.05, 3.63) is 60.2 Å². The summed E-state index contributed by atoms with van der Waals surface area (Å²) in [4.78, 5) is 23.1. The van der Waals surface area contributed by atoms with E-state index in [9.17, 15) is 4.79 Å². The van der Waals surface area contributed by atoms with Gasteiger partial charge in [0.25, 0.3) is 0 Å². The second-order valence-corrected chi connectivity index (χ2v) is 7.72. The maximum Gasteiger partial charge on any atom is 0.305 e. The van der Waals surface area contributed by atoms with E-state index in [4.69, 9.17) is 5.11 Å². The van der Waals surface area contributed by atoms with Crippen LogP contribution in [0.4, 0.5) is 0 Å². The van der Waals surface area contributed by atoms with Crippen molar-refractivity contribution in [2.45, 2.75) is 65.3 Å². The molecule has 4 aromatic rings. The fourth-order valence-corrected chi connectivity index (χ4v) is 3.58. The first-order valence-corrected chi connectivity index (χ1v) is 11.2. The normalized spacial score (nSPS) is 10.9. The van der Waals surface area contributed by atoms with Gasteiger partial charge < -0.3 is 14.7 Å². The molecule has 2 aromatic heterocycles. The number of carboxylic acid groups (broad SMARTS) is 1. The van der Waals surface area contributed by atoms with Crippen LogP contribution in [0.5, 0.6) is 0 Å². The van der Waals surface area contributed by atoms with Crippen molar-refractivity contribution < 1.29 is 9.90 Å². The number of H-pyrrole nitrogens is 1. The van der Waals surface area contributed by atoms with Gasteiger partial charge in [-0.1, -0.05) is 51.0 Å². The highest BCUT2D eigenvalue weighted by atomic mass is 16.4. The van der Waals surface area contributed by atoms with Gasteiger partial charge in [-0.15, -0.1) is 0 Å². The van der Waals surface area contributed by atoms with Gasteiger partial charge in [-0.05, 0) is 37.1 Å². The molecule has 0 saturated carbocycles. The molecule has 2 N–H and O–H groups in total. The highest BCUT2D eigenvalue weighted by Crippen LogP contribution is 2.18. The molecule has 4 rings (SSSR count). The number of imidazole rings is 2. The number of rotatable bonds is 9. The van der Waals surface area contributed by atoms with Gasteiger partial charge in [0.15, 0.2) is 0 Å². The number of nitrogens with one attached hydrogen (secondary N) is 1. The average Bonchev–Trinajstić information content (AvgIpc) is 3.35. The smallest absolute Gasteiger partial charge is 0.305 e. The van der Waals surface area contributed by atoms with E-state index in [0.29, 0.717) is 6.54 Å². The third kappa shape index (κ3) is 6.17. The van der Waals surface area contributed by atoms with E-state index in [0.717, 1.165) is 59.4 Å². The molecule has 31 heavy (non-hydrogen) atoms. The number of carboxylic acids is 1. The summed E-state index contributed by atoms with van der Waals surface area (Å²) in [5, 5.41) is 8.82. The summed E-state index contributed by atoms with van der Waals surface area (Å²) in [6.07, 6.45) is 6.73. The molecule has 0 atom stereocenters. The maximum absolute atomic E-state index is 10.7. The van der Waals surface area contributed by atoms with Gasteiger partial charge in [0.05, 0.1) is 28.5 Å². The second-order valence-electron chi connectivity index (χ2n) is 7.72. The Morgan fingerprint density at radius 2 is 1.61 bits per heavy atom. The van der Waals surface area contributed by atoms with Gasteiger partial charge in [-0.2, -0.15) is 0 Å². The Hall–Kier alpha value is -3.15. The molecule has 0 bridgehead atoms. The van der Waals surface area contributed by atoms with Gasteiger partial charge in [0.2, 0.25) is 0 Å². The van der Waals surface area contributed by atoms with Crippen molar-refractivity contribution >= 4 is 28.0 Å². The minimum Gasteiger partial charge on any atom is -0.481 e. The first-order valence-electron chi connectivity index (χ1n) is 11.2. The van der Waals surface area contributed by atoms with E-state index < -0.39 is 5.97 Å². The fraction of sp³-hybridized carbons (Fsp3) is 0.400. The molecule has 0 saturated heterocycles. The predicted molar refractivity (Wildman–Crippen MR) is 125 cm³/mol. The number of hydrogen-bond acceptors (Lipinski definition) is 3. The summed E-state index contributed by atoms with van der Waals surface area (Å²) < 4.78 is 2.04. The van der Waals surface area contributed by atoms with Gasteiger partial charge in [-0.25, -0.2) is 9.97 Å². The molecule has 0 aliphatic rings. The fourth-order valence-electron chi connectivity index (χ4n) is 3.58. The van der Waals surface area contributed by atoms with Crippen LogP contribution in [0.25, 0.3) is 22.1 Å². The molecule has 6 nitrogen and oxygen atoms in total. The first kappa shape index (κ1) is 22.5. The Morgan fingerprint density at radius 3 is 2.32 bits per heavy atom. The van der Waals surface area contributed by atoms with Crippen molar-refractivity contribution in [1.82, 2.24) is 19.5 Å². The zero-order chi connectivity index (χ0) is 22.1. The summed E-state index contributed by atoms with van der Waals surface area (Å²) >= 11 is 0. The van der Waals surface area contributed by atoms with Crippen LogP contribution in [-0.4, -0.2) is 30.6 Å². The maximum atomic E-state index is 10.7. The lowest BCUT2D eigenvalue weighted by Gasteiger charge is -2.07. The summed E-state index contributed by atoms with van der Waals surface area (Å²) in [5.74, 6) is 1.34. The number of para-hydroxylation sites is 4. The molecule has 164 valence electrons. The number of benzene rings is 2. The predicted octanol–water partition coefficient (Wildman–Crippen LogP) is 5.76. The number of aliphatic carboxylic acids is 1. The van der Waals surface area contributed by atoms with Crippen molar-refractivity contribution in [2.24, 2.45) is 0 Å². The van der Waals surface area contributed by atoms with E-state index >= 15 is 0 Å². The van der Waals surface area contributed by atoms with E-state index in [-0.39, 0.29) is 6.42 Å². The molecule has 0 radical (unpaired) electrons. The van der Waals surface area contributed by atoms with Crippen molar-refractivity contribution in [2.75, 3.05) is 0 Å². The first-order chi connectivity index (χ1) is 15.1. The number of fused-ring (bicyclic) bond motifs is 2. The third-order valence-electron chi connectivity index (χ3n) is 5.24. The van der Waals surface area contributed by atoms with Gasteiger partial charge in [-0.3, -0.25) is 4.79 Å². The summed E-state index contributed by atoms with van der Waals surface area (Å²) in [7, 11) is 0. The van der Waals surface area contributed by atoms with Crippen LogP contribution in [0.15, 0.2) is 48.5 Å². The molecular weight excluding hydrogens is 388 g/mol. The van der Waals surface area contributed by atoms with E-state index in [2.05, 4.69) is 34.9 Å². The Labute approximate surface area is 183 Å². The lowest BCUT2D eigenvalue weighted by Crippen LogP contribution is -2.08. The Balaban J connectivity index is 0.000000185. The number of hydrogen-bond donors (Lipinski definition) is 2. The number of aromatic amines is 1. The summed E-state index contributed by atoms with van der Waals surface area (Å²) in [5.41, 5.74) is 4.21. The van der Waals surface area contributed by atoms with Gasteiger partial charge in [0, 0.05) is 19.4 Å². The highest BCUT2D eigenvalue weighted by molar-refractivity contribution is 5.76. The van der Waals surface area contributed by atoms with Crippen LogP contribution < -0.4 is 0 Å². The largest absolute Gasteiger partial charge is 0.481 e. The molecule has 0 aliphatic heterocycles. The van der Waals surface area contributed by atoms with Crippen LogP contribution in [0.1, 0.15) is 57.6 Å². The second kappa shape index (κ2) is 11.3. The Morgan fingerprint density at radius 1 is 0.935 bits per heavy atom. The molecule has 0 fully saturated rings. The van der Waals surface area contributed by atoms with Crippen molar-refractivity contribution in [3.8, 4) is 0 Å². The van der Waals surface area contributed by atoms with Crippen LogP contribution >= 0.6 is 0 Å². The molecule has 2 aromatic carbocycles. The zero-order valence-electron chi connectivity index (χ0n) is 18.5. The van der Waals surface area contributed by atoms with Crippen LogP contribution in [0.2, 0.25) is 0 Å². The molecule has 0 aliphatic carbocycles. The number of unbranched alkanes of at least 4 members (excludes halogenated alkanes) is 2.